The molecular weight excluding hydrogens is 369 g/mol. The predicted molar refractivity (Wildman–Crippen MR) is 79.5 cm³/mol. The summed E-state index contributed by atoms with van der Waals surface area (Å²) >= 11 is 0. The van der Waals surface area contributed by atoms with Gasteiger partial charge in [-0.25, -0.2) is 22.0 Å². The number of hydrogen-bond donors (Lipinski definition) is 1. The molecule has 0 aliphatic heterocycles. The monoisotopic (exact) mass is 379 g/mol. The van der Waals surface area contributed by atoms with Crippen molar-refractivity contribution in [2.24, 2.45) is 0 Å². The molecular formula is C15H10F5NO3S. The fourth-order valence-electron chi connectivity index (χ4n) is 2.02. The maximum Gasteiger partial charge on any atom is 0.260 e. The first-order valence-electron chi connectivity index (χ1n) is 6.53. The van der Waals surface area contributed by atoms with Gasteiger partial charge in [-0.15, -0.1) is 0 Å². The van der Waals surface area contributed by atoms with Gasteiger partial charge < -0.3 is 10.1 Å². The summed E-state index contributed by atoms with van der Waals surface area (Å²) in [5.74, 6) is -10.8. The summed E-state index contributed by atoms with van der Waals surface area (Å²) in [4.78, 5) is 11.0. The fourth-order valence-corrected chi connectivity index (χ4v) is 2.83. The van der Waals surface area contributed by atoms with E-state index < -0.39 is 56.3 Å². The van der Waals surface area contributed by atoms with E-state index in [1.807, 2.05) is 5.32 Å². The number of ether oxygens (including phenoxy) is 1. The highest BCUT2D eigenvalue weighted by Crippen LogP contribution is 2.28. The SMILES string of the molecule is COc1ccc(NC(=O)c2c(F)c(F)c(F)c(F)c2[S@](C)=O)cc1F. The number of anilines is 1. The second-order valence-electron chi connectivity index (χ2n) is 4.72. The van der Waals surface area contributed by atoms with E-state index in [1.165, 1.54) is 13.2 Å². The third kappa shape index (κ3) is 3.48. The van der Waals surface area contributed by atoms with Crippen molar-refractivity contribution in [1.82, 2.24) is 0 Å². The zero-order chi connectivity index (χ0) is 18.9. The number of carbonyl (C=O) groups is 1. The van der Waals surface area contributed by atoms with Crippen molar-refractivity contribution < 1.29 is 35.7 Å². The van der Waals surface area contributed by atoms with E-state index in [0.717, 1.165) is 18.4 Å². The Morgan fingerprint density at radius 2 is 1.64 bits per heavy atom. The van der Waals surface area contributed by atoms with Gasteiger partial charge in [0.15, 0.2) is 34.8 Å². The quantitative estimate of drug-likeness (QED) is 0.503. The minimum absolute atomic E-state index is 0.140. The maximum atomic E-state index is 13.9. The van der Waals surface area contributed by atoms with Crippen molar-refractivity contribution >= 4 is 22.4 Å². The molecule has 2 rings (SSSR count). The second-order valence-corrected chi connectivity index (χ2v) is 6.03. The summed E-state index contributed by atoms with van der Waals surface area (Å²) in [7, 11) is -1.14. The van der Waals surface area contributed by atoms with Gasteiger partial charge >= 0.3 is 0 Å². The van der Waals surface area contributed by atoms with Crippen LogP contribution < -0.4 is 10.1 Å². The Labute approximate surface area is 141 Å². The average Bonchev–Trinajstić information content (AvgIpc) is 2.55. The Bertz CT molecular complexity index is 888. The van der Waals surface area contributed by atoms with Gasteiger partial charge in [-0.3, -0.25) is 9.00 Å². The highest BCUT2D eigenvalue weighted by molar-refractivity contribution is 7.84. The van der Waals surface area contributed by atoms with Gasteiger partial charge in [-0.05, 0) is 12.1 Å². The van der Waals surface area contributed by atoms with Crippen LogP contribution in [0.3, 0.4) is 0 Å². The molecule has 0 spiro atoms. The molecule has 0 saturated carbocycles. The smallest absolute Gasteiger partial charge is 0.260 e. The minimum Gasteiger partial charge on any atom is -0.494 e. The molecule has 0 aliphatic rings. The Hall–Kier alpha value is -2.49. The van der Waals surface area contributed by atoms with Crippen molar-refractivity contribution in [2.45, 2.75) is 4.90 Å². The lowest BCUT2D eigenvalue weighted by Gasteiger charge is -2.12. The molecule has 0 bridgehead atoms. The summed E-state index contributed by atoms with van der Waals surface area (Å²) < 4.78 is 84.3. The summed E-state index contributed by atoms with van der Waals surface area (Å²) in [5, 5.41) is 2.00. The van der Waals surface area contributed by atoms with Crippen molar-refractivity contribution in [3.63, 3.8) is 0 Å². The lowest BCUT2D eigenvalue weighted by atomic mass is 10.1. The largest absolute Gasteiger partial charge is 0.494 e. The first-order chi connectivity index (χ1) is 11.7. The Morgan fingerprint density at radius 3 is 2.16 bits per heavy atom. The molecule has 1 N–H and O–H groups in total. The van der Waals surface area contributed by atoms with E-state index in [2.05, 4.69) is 4.74 Å². The molecule has 0 saturated heterocycles. The molecule has 4 nitrogen and oxygen atoms in total. The Balaban J connectivity index is 2.52. The second kappa shape index (κ2) is 7.18. The van der Waals surface area contributed by atoms with Crippen LogP contribution in [0.2, 0.25) is 0 Å². The van der Waals surface area contributed by atoms with Gasteiger partial charge in [-0.2, -0.15) is 0 Å². The molecule has 1 atom stereocenters. The normalized spacial score (nSPS) is 12.0. The lowest BCUT2D eigenvalue weighted by Crippen LogP contribution is -2.20. The predicted octanol–water partition coefficient (Wildman–Crippen LogP) is 3.38. The maximum absolute atomic E-state index is 13.9. The van der Waals surface area contributed by atoms with Crippen LogP contribution in [0.4, 0.5) is 27.6 Å². The molecule has 2 aromatic carbocycles. The van der Waals surface area contributed by atoms with E-state index in [1.54, 1.807) is 0 Å². The zero-order valence-corrected chi connectivity index (χ0v) is 13.6. The van der Waals surface area contributed by atoms with Crippen LogP contribution in [-0.4, -0.2) is 23.5 Å². The minimum atomic E-state index is -2.35. The number of halogens is 5. The van der Waals surface area contributed by atoms with E-state index in [-0.39, 0.29) is 11.4 Å². The summed E-state index contributed by atoms with van der Waals surface area (Å²) in [6.07, 6.45) is 0.860. The van der Waals surface area contributed by atoms with Gasteiger partial charge in [0.05, 0.1) is 28.4 Å². The van der Waals surface area contributed by atoms with Crippen LogP contribution >= 0.6 is 0 Å². The first-order valence-corrected chi connectivity index (χ1v) is 8.09. The summed E-state index contributed by atoms with van der Waals surface area (Å²) in [6, 6.07) is 3.13. The van der Waals surface area contributed by atoms with Crippen molar-refractivity contribution in [3.8, 4) is 5.75 Å². The Morgan fingerprint density at radius 1 is 1.04 bits per heavy atom. The fraction of sp³-hybridized carbons (Fsp3) is 0.133. The molecule has 1 amide bonds. The number of methoxy groups -OCH3 is 1. The highest BCUT2D eigenvalue weighted by atomic mass is 32.2. The van der Waals surface area contributed by atoms with E-state index in [9.17, 15) is 31.0 Å². The number of rotatable bonds is 4. The van der Waals surface area contributed by atoms with Crippen molar-refractivity contribution in [2.75, 3.05) is 18.7 Å². The molecule has 2 aromatic rings. The van der Waals surface area contributed by atoms with Crippen molar-refractivity contribution in [1.29, 1.82) is 0 Å². The van der Waals surface area contributed by atoms with Gasteiger partial charge in [0.2, 0.25) is 0 Å². The van der Waals surface area contributed by atoms with Crippen LogP contribution in [0, 0.1) is 29.1 Å². The molecule has 10 heteroatoms. The third-order valence-corrected chi connectivity index (χ3v) is 4.11. The zero-order valence-electron chi connectivity index (χ0n) is 12.8. The van der Waals surface area contributed by atoms with E-state index >= 15 is 0 Å². The lowest BCUT2D eigenvalue weighted by molar-refractivity contribution is 0.101. The molecule has 25 heavy (non-hydrogen) atoms. The third-order valence-electron chi connectivity index (χ3n) is 3.15. The molecule has 0 aromatic heterocycles. The summed E-state index contributed by atoms with van der Waals surface area (Å²) in [5.41, 5.74) is -1.46. The number of hydrogen-bond acceptors (Lipinski definition) is 3. The van der Waals surface area contributed by atoms with Gasteiger partial charge in [0, 0.05) is 18.0 Å². The number of carbonyl (C=O) groups excluding carboxylic acids is 1. The standard InChI is InChI=1S/C15H10F5NO3S/c1-24-8-4-3-6(5-7(8)16)21-15(22)9-10(17)11(18)12(19)13(20)14(9)25(2)23/h3-5H,1-2H3,(H,21,22)/t25-/m0/s1. The van der Waals surface area contributed by atoms with Crippen LogP contribution in [0.25, 0.3) is 0 Å². The molecule has 134 valence electrons. The van der Waals surface area contributed by atoms with Crippen LogP contribution in [0.1, 0.15) is 10.4 Å². The van der Waals surface area contributed by atoms with Crippen molar-refractivity contribution in [3.05, 3.63) is 52.8 Å². The van der Waals surface area contributed by atoms with Gasteiger partial charge in [0.25, 0.3) is 5.91 Å². The topological polar surface area (TPSA) is 55.4 Å². The number of amides is 1. The molecule has 0 unspecified atom stereocenters. The molecule has 0 fully saturated rings. The van der Waals surface area contributed by atoms with E-state index in [4.69, 9.17) is 0 Å². The van der Waals surface area contributed by atoms with Crippen LogP contribution in [-0.2, 0) is 10.8 Å². The first kappa shape index (κ1) is 18.8. The van der Waals surface area contributed by atoms with E-state index in [0.29, 0.717) is 0 Å². The molecule has 0 aliphatic carbocycles. The number of nitrogens with one attached hydrogen (secondary N) is 1. The van der Waals surface area contributed by atoms with Crippen LogP contribution in [0.15, 0.2) is 23.1 Å². The highest BCUT2D eigenvalue weighted by Gasteiger charge is 2.31. The number of benzene rings is 2. The Kier molecular flexibility index (Phi) is 5.41. The van der Waals surface area contributed by atoms with Crippen LogP contribution in [0.5, 0.6) is 5.75 Å². The van der Waals surface area contributed by atoms with Gasteiger partial charge in [0.1, 0.15) is 0 Å². The van der Waals surface area contributed by atoms with Gasteiger partial charge in [-0.1, -0.05) is 0 Å². The molecule has 0 radical (unpaired) electrons. The average molecular weight is 379 g/mol. The molecule has 0 heterocycles. The summed E-state index contributed by atoms with van der Waals surface area (Å²) in [6.45, 7) is 0.